The van der Waals surface area contributed by atoms with Crippen molar-refractivity contribution in [2.75, 3.05) is 0 Å². The molecule has 0 saturated carbocycles. The van der Waals surface area contributed by atoms with Crippen molar-refractivity contribution in [2.24, 2.45) is 5.92 Å². The van der Waals surface area contributed by atoms with Gasteiger partial charge in [0.2, 0.25) is 0 Å². The van der Waals surface area contributed by atoms with Gasteiger partial charge in [0.25, 0.3) is 0 Å². The van der Waals surface area contributed by atoms with Gasteiger partial charge in [-0.3, -0.25) is 0 Å². The van der Waals surface area contributed by atoms with Gasteiger partial charge in [0, 0.05) is 12.1 Å². The minimum absolute atomic E-state index is 0.569. The lowest BCUT2D eigenvalue weighted by Gasteiger charge is -2.07. The van der Waals surface area contributed by atoms with Crippen LogP contribution in [0.5, 0.6) is 0 Å². The molecule has 0 aliphatic rings. The summed E-state index contributed by atoms with van der Waals surface area (Å²) in [6.45, 7) is 4.35. The van der Waals surface area contributed by atoms with Gasteiger partial charge in [-0.15, -0.1) is 0 Å². The molecule has 0 fully saturated rings. The Kier molecular flexibility index (Phi) is 3.69. The van der Waals surface area contributed by atoms with Gasteiger partial charge in [0.05, 0.1) is 0 Å². The third-order valence-corrected chi connectivity index (χ3v) is 2.69. The molecule has 1 aromatic heterocycles. The number of aromatic nitrogens is 2. The van der Waals surface area contributed by atoms with Gasteiger partial charge in [-0.25, -0.2) is 4.98 Å². The van der Waals surface area contributed by atoms with Crippen LogP contribution < -0.4 is 0 Å². The highest BCUT2D eigenvalue weighted by molar-refractivity contribution is 7.71. The Morgan fingerprint density at radius 3 is 2.59 bits per heavy atom. The summed E-state index contributed by atoms with van der Waals surface area (Å²) in [4.78, 5) is 7.71. The molecule has 0 saturated heterocycles. The van der Waals surface area contributed by atoms with Gasteiger partial charge in [-0.1, -0.05) is 56.4 Å². The Morgan fingerprint density at radius 1 is 1.24 bits per heavy atom. The number of hydrogen-bond acceptors (Lipinski definition) is 2. The highest BCUT2D eigenvalue weighted by Crippen LogP contribution is 2.17. The quantitative estimate of drug-likeness (QED) is 0.827. The zero-order chi connectivity index (χ0) is 12.3. The Bertz CT molecular complexity index is 544. The van der Waals surface area contributed by atoms with Crippen molar-refractivity contribution < 1.29 is 0 Å². The number of nitrogens with one attached hydrogen (secondary N) is 1. The van der Waals surface area contributed by atoms with Crippen molar-refractivity contribution in [3.05, 3.63) is 46.9 Å². The summed E-state index contributed by atoms with van der Waals surface area (Å²) in [5, 5.41) is 0. The summed E-state index contributed by atoms with van der Waals surface area (Å²) in [7, 11) is 0. The van der Waals surface area contributed by atoms with E-state index in [-0.39, 0.29) is 0 Å². The molecule has 1 heterocycles. The van der Waals surface area contributed by atoms with E-state index in [4.69, 9.17) is 12.2 Å². The lowest BCUT2D eigenvalue weighted by atomic mass is 10.1. The van der Waals surface area contributed by atoms with Crippen molar-refractivity contribution in [2.45, 2.75) is 20.3 Å². The highest BCUT2D eigenvalue weighted by Gasteiger charge is 2.03. The molecule has 0 aliphatic carbocycles. The third-order valence-electron chi connectivity index (χ3n) is 2.48. The molecule has 88 valence electrons. The number of rotatable bonds is 3. The van der Waals surface area contributed by atoms with Crippen LogP contribution in [0.15, 0.2) is 36.4 Å². The molecule has 0 unspecified atom stereocenters. The SMILES string of the molecule is CC(C)Cc1nc(=S)cc(-c2ccccc2)[nH]1. The van der Waals surface area contributed by atoms with Gasteiger partial charge in [-0.2, -0.15) is 0 Å². The fourth-order valence-electron chi connectivity index (χ4n) is 1.76. The molecule has 3 heteroatoms. The Morgan fingerprint density at radius 2 is 1.94 bits per heavy atom. The fraction of sp³-hybridized carbons (Fsp3) is 0.286. The van der Waals surface area contributed by atoms with Crippen molar-refractivity contribution in [1.82, 2.24) is 9.97 Å². The molecule has 0 atom stereocenters. The van der Waals surface area contributed by atoms with E-state index < -0.39 is 0 Å². The van der Waals surface area contributed by atoms with Gasteiger partial charge in [-0.05, 0) is 17.5 Å². The second-order valence-electron chi connectivity index (χ2n) is 4.54. The average Bonchev–Trinajstić information content (AvgIpc) is 2.28. The van der Waals surface area contributed by atoms with Gasteiger partial charge in [0.1, 0.15) is 10.5 Å². The summed E-state index contributed by atoms with van der Waals surface area (Å²) < 4.78 is 0.651. The number of nitrogens with zero attached hydrogens (tertiary/aromatic N) is 1. The first-order valence-electron chi connectivity index (χ1n) is 5.81. The first kappa shape index (κ1) is 12.0. The van der Waals surface area contributed by atoms with Crippen LogP contribution in [0.25, 0.3) is 11.3 Å². The van der Waals surface area contributed by atoms with Crippen LogP contribution in [-0.2, 0) is 6.42 Å². The zero-order valence-electron chi connectivity index (χ0n) is 10.1. The molecule has 0 bridgehead atoms. The molecule has 2 nitrogen and oxygen atoms in total. The molecule has 0 spiro atoms. The lowest BCUT2D eigenvalue weighted by Crippen LogP contribution is -2.02. The number of aromatic amines is 1. The van der Waals surface area contributed by atoms with Gasteiger partial charge >= 0.3 is 0 Å². The van der Waals surface area contributed by atoms with Gasteiger partial charge < -0.3 is 4.98 Å². The maximum Gasteiger partial charge on any atom is 0.130 e. The fourth-order valence-corrected chi connectivity index (χ4v) is 1.99. The van der Waals surface area contributed by atoms with Crippen molar-refractivity contribution >= 4 is 12.2 Å². The zero-order valence-corrected chi connectivity index (χ0v) is 10.9. The summed E-state index contributed by atoms with van der Waals surface area (Å²) in [6, 6.07) is 12.1. The predicted octanol–water partition coefficient (Wildman–Crippen LogP) is 4.00. The van der Waals surface area contributed by atoms with Crippen LogP contribution >= 0.6 is 12.2 Å². The summed E-state index contributed by atoms with van der Waals surface area (Å²) in [5.74, 6) is 1.53. The molecule has 2 rings (SSSR count). The molecule has 2 aromatic rings. The normalized spacial score (nSPS) is 10.8. The summed E-state index contributed by atoms with van der Waals surface area (Å²) in [6.07, 6.45) is 0.921. The van der Waals surface area contributed by atoms with Crippen LogP contribution in [0.1, 0.15) is 19.7 Å². The predicted molar refractivity (Wildman–Crippen MR) is 73.4 cm³/mol. The van der Waals surface area contributed by atoms with Crippen LogP contribution in [-0.4, -0.2) is 9.97 Å². The van der Waals surface area contributed by atoms with Crippen LogP contribution in [0.2, 0.25) is 0 Å². The number of H-pyrrole nitrogens is 1. The molecule has 0 radical (unpaired) electrons. The van der Waals surface area contributed by atoms with Crippen LogP contribution in [0.4, 0.5) is 0 Å². The van der Waals surface area contributed by atoms with E-state index in [9.17, 15) is 0 Å². The van der Waals surface area contributed by atoms with E-state index in [1.165, 1.54) is 0 Å². The first-order chi connectivity index (χ1) is 8.15. The van der Waals surface area contributed by atoms with E-state index in [1.54, 1.807) is 0 Å². The molecular formula is C14H16N2S. The van der Waals surface area contributed by atoms with E-state index in [2.05, 4.69) is 35.9 Å². The Hall–Kier alpha value is -1.48. The average molecular weight is 244 g/mol. The highest BCUT2D eigenvalue weighted by atomic mass is 32.1. The van der Waals surface area contributed by atoms with Crippen molar-refractivity contribution in [3.63, 3.8) is 0 Å². The molecule has 1 N–H and O–H groups in total. The standard InChI is InChI=1S/C14H16N2S/c1-10(2)8-13-15-12(9-14(17)16-13)11-6-4-3-5-7-11/h3-7,9-10H,8H2,1-2H3,(H,15,16,17). The largest absolute Gasteiger partial charge is 0.343 e. The second kappa shape index (κ2) is 5.23. The maximum atomic E-state index is 5.21. The molecule has 1 aromatic carbocycles. The third kappa shape index (κ3) is 3.24. The van der Waals surface area contributed by atoms with E-state index in [0.717, 1.165) is 23.5 Å². The topological polar surface area (TPSA) is 28.7 Å². The van der Waals surface area contributed by atoms with Crippen molar-refractivity contribution in [1.29, 1.82) is 0 Å². The van der Waals surface area contributed by atoms with E-state index >= 15 is 0 Å². The molecule has 17 heavy (non-hydrogen) atoms. The second-order valence-corrected chi connectivity index (χ2v) is 4.96. The Labute approximate surface area is 107 Å². The monoisotopic (exact) mass is 244 g/mol. The van der Waals surface area contributed by atoms with E-state index in [0.29, 0.717) is 10.6 Å². The summed E-state index contributed by atoms with van der Waals surface area (Å²) >= 11 is 5.21. The number of benzene rings is 1. The maximum absolute atomic E-state index is 5.21. The van der Waals surface area contributed by atoms with E-state index in [1.807, 2.05) is 24.3 Å². The molecular weight excluding hydrogens is 228 g/mol. The van der Waals surface area contributed by atoms with Crippen LogP contribution in [0.3, 0.4) is 0 Å². The van der Waals surface area contributed by atoms with Gasteiger partial charge in [0.15, 0.2) is 0 Å². The first-order valence-corrected chi connectivity index (χ1v) is 6.21. The summed E-state index contributed by atoms with van der Waals surface area (Å²) in [5.41, 5.74) is 2.19. The minimum Gasteiger partial charge on any atom is -0.343 e. The molecule has 0 amide bonds. The molecule has 0 aliphatic heterocycles. The Balaban J connectivity index is 2.42. The number of hydrogen-bond donors (Lipinski definition) is 1. The minimum atomic E-state index is 0.569. The smallest absolute Gasteiger partial charge is 0.130 e. The van der Waals surface area contributed by atoms with Crippen molar-refractivity contribution in [3.8, 4) is 11.3 Å². The van der Waals surface area contributed by atoms with Crippen LogP contribution in [0, 0.1) is 10.6 Å². The lowest BCUT2D eigenvalue weighted by molar-refractivity contribution is 0.620.